The highest BCUT2D eigenvalue weighted by atomic mass is 32.1. The number of hydrogen-bond donors (Lipinski definition) is 1. The maximum atomic E-state index is 11.0. The van der Waals surface area contributed by atoms with E-state index in [9.17, 15) is 9.59 Å². The lowest BCUT2D eigenvalue weighted by atomic mass is 10.3. The van der Waals surface area contributed by atoms with Crippen LogP contribution in [-0.2, 0) is 16.1 Å². The number of carbonyl (C=O) groups is 2. The van der Waals surface area contributed by atoms with Crippen molar-refractivity contribution in [2.75, 3.05) is 7.05 Å². The average Bonchev–Trinajstić information content (AvgIpc) is 2.62. The molecule has 1 aromatic rings. The van der Waals surface area contributed by atoms with Crippen LogP contribution in [0, 0.1) is 0 Å². The minimum atomic E-state index is -0.964. The molecule has 0 aliphatic rings. The first-order valence-corrected chi connectivity index (χ1v) is 5.57. The SMILES string of the molecule is CC(=O)N(C)Cc1cc(C=CC(=O)O)cs1. The Hall–Kier alpha value is -1.62. The zero-order valence-corrected chi connectivity index (χ0v) is 9.95. The summed E-state index contributed by atoms with van der Waals surface area (Å²) in [5.41, 5.74) is 0.847. The molecule has 0 aliphatic heterocycles. The van der Waals surface area contributed by atoms with Crippen molar-refractivity contribution in [3.05, 3.63) is 28.0 Å². The van der Waals surface area contributed by atoms with Gasteiger partial charge in [0.1, 0.15) is 0 Å². The van der Waals surface area contributed by atoms with E-state index >= 15 is 0 Å². The first-order chi connectivity index (χ1) is 7.49. The first-order valence-electron chi connectivity index (χ1n) is 4.69. The summed E-state index contributed by atoms with van der Waals surface area (Å²) in [7, 11) is 1.73. The molecule has 0 saturated heterocycles. The molecule has 1 rings (SSSR count). The molecule has 1 aromatic heterocycles. The van der Waals surface area contributed by atoms with Crippen LogP contribution in [0.2, 0.25) is 0 Å². The molecule has 0 fully saturated rings. The summed E-state index contributed by atoms with van der Waals surface area (Å²) in [4.78, 5) is 24.0. The third-order valence-electron chi connectivity index (χ3n) is 2.02. The third-order valence-corrected chi connectivity index (χ3v) is 2.96. The Bertz CT molecular complexity index is 423. The predicted octanol–water partition coefficient (Wildman–Crippen LogP) is 1.82. The fourth-order valence-electron chi connectivity index (χ4n) is 1.08. The quantitative estimate of drug-likeness (QED) is 0.815. The van der Waals surface area contributed by atoms with Crippen LogP contribution < -0.4 is 0 Å². The van der Waals surface area contributed by atoms with E-state index in [4.69, 9.17) is 5.11 Å². The Labute approximate surface area is 97.8 Å². The molecule has 0 unspecified atom stereocenters. The smallest absolute Gasteiger partial charge is 0.328 e. The van der Waals surface area contributed by atoms with E-state index in [0.717, 1.165) is 16.5 Å². The van der Waals surface area contributed by atoms with Gasteiger partial charge in [0.15, 0.2) is 0 Å². The van der Waals surface area contributed by atoms with Crippen LogP contribution in [0.5, 0.6) is 0 Å². The van der Waals surface area contributed by atoms with Crippen LogP contribution in [-0.4, -0.2) is 28.9 Å². The van der Waals surface area contributed by atoms with Crippen molar-refractivity contribution in [2.24, 2.45) is 0 Å². The lowest BCUT2D eigenvalue weighted by molar-refractivity contribution is -0.131. The maximum absolute atomic E-state index is 11.0. The Morgan fingerprint density at radius 1 is 1.56 bits per heavy atom. The van der Waals surface area contributed by atoms with Crippen molar-refractivity contribution < 1.29 is 14.7 Å². The summed E-state index contributed by atoms with van der Waals surface area (Å²) >= 11 is 1.51. The molecule has 0 atom stereocenters. The predicted molar refractivity (Wildman–Crippen MR) is 63.1 cm³/mol. The molecule has 5 heteroatoms. The molecule has 0 aliphatic carbocycles. The Morgan fingerprint density at radius 2 is 2.25 bits per heavy atom. The van der Waals surface area contributed by atoms with Crippen molar-refractivity contribution in [3.8, 4) is 0 Å². The van der Waals surface area contributed by atoms with Gasteiger partial charge in [0.2, 0.25) is 5.91 Å². The van der Waals surface area contributed by atoms with Gasteiger partial charge in [-0.1, -0.05) is 0 Å². The van der Waals surface area contributed by atoms with E-state index in [0.29, 0.717) is 6.54 Å². The molecule has 1 N–H and O–H groups in total. The molecular weight excluding hydrogens is 226 g/mol. The molecule has 1 amide bonds. The molecule has 0 radical (unpaired) electrons. The van der Waals surface area contributed by atoms with Gasteiger partial charge in [0.25, 0.3) is 0 Å². The molecule has 0 spiro atoms. The van der Waals surface area contributed by atoms with Gasteiger partial charge in [-0.05, 0) is 23.1 Å². The van der Waals surface area contributed by atoms with Crippen LogP contribution in [0.25, 0.3) is 6.08 Å². The van der Waals surface area contributed by atoms with Crippen molar-refractivity contribution >= 4 is 29.3 Å². The highest BCUT2D eigenvalue weighted by Crippen LogP contribution is 2.17. The highest BCUT2D eigenvalue weighted by molar-refractivity contribution is 7.10. The number of carboxylic acid groups (broad SMARTS) is 1. The lowest BCUT2D eigenvalue weighted by Gasteiger charge is -2.12. The van der Waals surface area contributed by atoms with E-state index < -0.39 is 5.97 Å². The van der Waals surface area contributed by atoms with Crippen LogP contribution in [0.1, 0.15) is 17.4 Å². The minimum absolute atomic E-state index is 0.0102. The summed E-state index contributed by atoms with van der Waals surface area (Å²) in [6.45, 7) is 2.07. The monoisotopic (exact) mass is 239 g/mol. The first kappa shape index (κ1) is 12.4. The number of nitrogens with zero attached hydrogens (tertiary/aromatic N) is 1. The topological polar surface area (TPSA) is 57.6 Å². The fraction of sp³-hybridized carbons (Fsp3) is 0.273. The number of hydrogen-bond acceptors (Lipinski definition) is 3. The van der Waals surface area contributed by atoms with Crippen molar-refractivity contribution in [1.82, 2.24) is 4.90 Å². The number of amides is 1. The van der Waals surface area contributed by atoms with Crippen molar-refractivity contribution in [2.45, 2.75) is 13.5 Å². The minimum Gasteiger partial charge on any atom is -0.478 e. The molecule has 0 aromatic carbocycles. The van der Waals surface area contributed by atoms with Crippen molar-refractivity contribution in [3.63, 3.8) is 0 Å². The van der Waals surface area contributed by atoms with Gasteiger partial charge >= 0.3 is 5.97 Å². The number of rotatable bonds is 4. The number of carboxylic acids is 1. The highest BCUT2D eigenvalue weighted by Gasteiger charge is 2.05. The largest absolute Gasteiger partial charge is 0.478 e. The number of thiophene rings is 1. The van der Waals surface area contributed by atoms with Crippen LogP contribution >= 0.6 is 11.3 Å². The van der Waals surface area contributed by atoms with Gasteiger partial charge in [-0.15, -0.1) is 11.3 Å². The van der Waals surface area contributed by atoms with E-state index in [-0.39, 0.29) is 5.91 Å². The molecular formula is C11H13NO3S. The number of carbonyl (C=O) groups excluding carboxylic acids is 1. The van der Waals surface area contributed by atoms with Gasteiger partial charge in [-0.3, -0.25) is 4.79 Å². The third kappa shape index (κ3) is 3.86. The van der Waals surface area contributed by atoms with Gasteiger partial charge in [0, 0.05) is 24.9 Å². The van der Waals surface area contributed by atoms with E-state index in [1.807, 2.05) is 11.4 Å². The zero-order chi connectivity index (χ0) is 12.1. The lowest BCUT2D eigenvalue weighted by Crippen LogP contribution is -2.22. The molecule has 0 saturated carbocycles. The summed E-state index contributed by atoms with van der Waals surface area (Å²) in [6, 6.07) is 1.88. The van der Waals surface area contributed by atoms with Crippen LogP contribution in [0.15, 0.2) is 17.5 Å². The number of aliphatic carboxylic acids is 1. The summed E-state index contributed by atoms with van der Waals surface area (Å²) in [5, 5.41) is 10.3. The molecule has 86 valence electrons. The van der Waals surface area contributed by atoms with Gasteiger partial charge in [0.05, 0.1) is 6.54 Å². The second-order valence-electron chi connectivity index (χ2n) is 3.39. The maximum Gasteiger partial charge on any atom is 0.328 e. The summed E-state index contributed by atoms with van der Waals surface area (Å²) in [5.74, 6) is -0.954. The normalized spacial score (nSPS) is 10.6. The molecule has 4 nitrogen and oxygen atoms in total. The van der Waals surface area contributed by atoms with E-state index in [1.165, 1.54) is 24.3 Å². The standard InChI is InChI=1S/C11H13NO3S/c1-8(13)12(2)6-10-5-9(7-16-10)3-4-11(14)15/h3-5,7H,6H2,1-2H3,(H,14,15). The van der Waals surface area contributed by atoms with Crippen LogP contribution in [0.4, 0.5) is 0 Å². The van der Waals surface area contributed by atoms with Gasteiger partial charge in [-0.25, -0.2) is 4.79 Å². The average molecular weight is 239 g/mol. The van der Waals surface area contributed by atoms with Crippen LogP contribution in [0.3, 0.4) is 0 Å². The van der Waals surface area contributed by atoms with Crippen molar-refractivity contribution in [1.29, 1.82) is 0 Å². The summed E-state index contributed by atoms with van der Waals surface area (Å²) in [6.07, 6.45) is 2.64. The van der Waals surface area contributed by atoms with Gasteiger partial charge < -0.3 is 10.0 Å². The van der Waals surface area contributed by atoms with Gasteiger partial charge in [-0.2, -0.15) is 0 Å². The Balaban J connectivity index is 2.65. The summed E-state index contributed by atoms with van der Waals surface area (Å²) < 4.78 is 0. The zero-order valence-electron chi connectivity index (χ0n) is 9.14. The Kier molecular flexibility index (Phi) is 4.25. The Morgan fingerprint density at radius 3 is 2.81 bits per heavy atom. The fourth-order valence-corrected chi connectivity index (χ4v) is 1.99. The van der Waals surface area contributed by atoms with E-state index in [1.54, 1.807) is 11.9 Å². The molecule has 1 heterocycles. The molecule has 0 bridgehead atoms. The second kappa shape index (κ2) is 5.46. The molecule has 16 heavy (non-hydrogen) atoms. The second-order valence-corrected chi connectivity index (χ2v) is 4.39. The van der Waals surface area contributed by atoms with E-state index in [2.05, 4.69) is 0 Å².